The van der Waals surface area contributed by atoms with E-state index in [1.54, 1.807) is 0 Å². The molecule has 134 valence electrons. The third-order valence-corrected chi connectivity index (χ3v) is 9.48. The highest BCUT2D eigenvalue weighted by atomic mass is 31.2. The topological polar surface area (TPSA) is 4.93 Å². The fraction of sp³-hybridized carbons (Fsp3) is 0.120. The lowest BCUT2D eigenvalue weighted by molar-refractivity contribution is 0.935. The molecule has 1 heterocycles. The fourth-order valence-corrected chi connectivity index (χ4v) is 7.44. The molecule has 0 aliphatic carbocycles. The maximum Gasteiger partial charge on any atom is 0.113 e. The Bertz CT molecular complexity index is 989. The molecule has 0 amide bonds. The van der Waals surface area contributed by atoms with Gasteiger partial charge in [0, 0.05) is 18.8 Å². The molecule has 2 heteroatoms. The van der Waals surface area contributed by atoms with E-state index in [9.17, 15) is 0 Å². The van der Waals surface area contributed by atoms with E-state index < -0.39 is 7.26 Å². The molecule has 27 heavy (non-hydrogen) atoms. The first kappa shape index (κ1) is 17.8. The van der Waals surface area contributed by atoms with Crippen molar-refractivity contribution in [1.29, 1.82) is 0 Å². The molecule has 0 radical (unpaired) electrons. The SMILES string of the molecule is Cc1ccn(C)c1-c1ccccc1[P+](C)(c1ccccc1)c1ccccc1. The van der Waals surface area contributed by atoms with Crippen LogP contribution in [0.4, 0.5) is 0 Å². The predicted octanol–water partition coefficient (Wildman–Crippen LogP) is 4.92. The maximum atomic E-state index is 2.45. The van der Waals surface area contributed by atoms with E-state index in [0.29, 0.717) is 0 Å². The zero-order chi connectivity index (χ0) is 18.9. The summed E-state index contributed by atoms with van der Waals surface area (Å²) in [5.41, 5.74) is 3.97. The molecular weight excluding hydrogens is 345 g/mol. The van der Waals surface area contributed by atoms with E-state index in [0.717, 1.165) is 0 Å². The van der Waals surface area contributed by atoms with Crippen LogP contribution in [0.1, 0.15) is 5.56 Å². The van der Waals surface area contributed by atoms with E-state index >= 15 is 0 Å². The molecule has 4 aromatic rings. The average molecular weight is 370 g/mol. The van der Waals surface area contributed by atoms with E-state index in [-0.39, 0.29) is 0 Å². The number of aryl methyl sites for hydroxylation is 2. The van der Waals surface area contributed by atoms with Crippen LogP contribution in [0.2, 0.25) is 0 Å². The third-order valence-electron chi connectivity index (χ3n) is 5.46. The zero-order valence-electron chi connectivity index (χ0n) is 16.1. The van der Waals surface area contributed by atoms with Crippen LogP contribution < -0.4 is 15.9 Å². The van der Waals surface area contributed by atoms with Crippen molar-refractivity contribution in [2.45, 2.75) is 6.92 Å². The van der Waals surface area contributed by atoms with Gasteiger partial charge in [-0.1, -0.05) is 48.5 Å². The van der Waals surface area contributed by atoms with Crippen molar-refractivity contribution >= 4 is 23.2 Å². The van der Waals surface area contributed by atoms with E-state index in [2.05, 4.69) is 122 Å². The summed E-state index contributed by atoms with van der Waals surface area (Å²) in [4.78, 5) is 0. The van der Waals surface area contributed by atoms with Gasteiger partial charge in [0.2, 0.25) is 0 Å². The van der Waals surface area contributed by atoms with Gasteiger partial charge in [0.25, 0.3) is 0 Å². The minimum atomic E-state index is -1.76. The summed E-state index contributed by atoms with van der Waals surface area (Å²) >= 11 is 0. The smallest absolute Gasteiger partial charge is 0.113 e. The molecule has 1 aromatic heterocycles. The molecule has 0 saturated heterocycles. The van der Waals surface area contributed by atoms with Crippen LogP contribution in [0.3, 0.4) is 0 Å². The Hall–Kier alpha value is -2.63. The normalized spacial score (nSPS) is 11.5. The number of aromatic nitrogens is 1. The number of benzene rings is 3. The summed E-state index contributed by atoms with van der Waals surface area (Å²) in [6.45, 7) is 4.65. The largest absolute Gasteiger partial charge is 0.350 e. The van der Waals surface area contributed by atoms with Gasteiger partial charge in [0.15, 0.2) is 0 Å². The zero-order valence-corrected chi connectivity index (χ0v) is 17.0. The third kappa shape index (κ3) is 3.03. The second-order valence-electron chi connectivity index (χ2n) is 7.15. The van der Waals surface area contributed by atoms with Crippen molar-refractivity contribution < 1.29 is 0 Å². The summed E-state index contributed by atoms with van der Waals surface area (Å²) in [5.74, 6) is 0. The highest BCUT2D eigenvalue weighted by Crippen LogP contribution is 2.53. The Morgan fingerprint density at radius 3 is 1.70 bits per heavy atom. The Labute approximate surface area is 162 Å². The molecule has 0 aliphatic rings. The minimum absolute atomic E-state index is 1.31. The van der Waals surface area contributed by atoms with Gasteiger partial charge in [-0.25, -0.2) is 0 Å². The Morgan fingerprint density at radius 1 is 0.667 bits per heavy atom. The molecule has 0 fully saturated rings. The van der Waals surface area contributed by atoms with Crippen molar-refractivity contribution in [3.63, 3.8) is 0 Å². The van der Waals surface area contributed by atoms with Crippen LogP contribution in [-0.2, 0) is 7.05 Å². The molecule has 0 aliphatic heterocycles. The van der Waals surface area contributed by atoms with Gasteiger partial charge in [-0.05, 0) is 55.0 Å². The lowest BCUT2D eigenvalue weighted by atomic mass is 10.1. The number of rotatable bonds is 4. The molecular formula is C25H25NP+. The van der Waals surface area contributed by atoms with Crippen molar-refractivity contribution in [3.05, 3.63) is 103 Å². The van der Waals surface area contributed by atoms with Crippen LogP contribution in [-0.4, -0.2) is 11.2 Å². The Balaban J connectivity index is 2.04. The molecule has 0 N–H and O–H groups in total. The van der Waals surface area contributed by atoms with Crippen LogP contribution in [0, 0.1) is 6.92 Å². The van der Waals surface area contributed by atoms with E-state index in [4.69, 9.17) is 0 Å². The van der Waals surface area contributed by atoms with Crippen molar-refractivity contribution in [2.24, 2.45) is 7.05 Å². The second kappa shape index (κ2) is 7.18. The Kier molecular flexibility index (Phi) is 4.72. The highest BCUT2D eigenvalue weighted by Gasteiger charge is 2.42. The van der Waals surface area contributed by atoms with Crippen LogP contribution in [0.5, 0.6) is 0 Å². The summed E-state index contributed by atoms with van der Waals surface area (Å²) in [5, 5.41) is 4.26. The second-order valence-corrected chi connectivity index (χ2v) is 10.7. The van der Waals surface area contributed by atoms with Gasteiger partial charge < -0.3 is 4.57 Å². The summed E-state index contributed by atoms with van der Waals surface area (Å²) in [6, 6.07) is 33.1. The van der Waals surface area contributed by atoms with Gasteiger partial charge in [0.05, 0.1) is 12.4 Å². The molecule has 0 saturated carbocycles. The highest BCUT2D eigenvalue weighted by molar-refractivity contribution is 7.95. The molecule has 0 atom stereocenters. The van der Waals surface area contributed by atoms with Crippen LogP contribution in [0.25, 0.3) is 11.3 Å². The fourth-order valence-electron chi connectivity index (χ4n) is 4.00. The molecule has 3 aromatic carbocycles. The van der Waals surface area contributed by atoms with Crippen molar-refractivity contribution in [2.75, 3.05) is 6.66 Å². The number of hydrogen-bond donors (Lipinski definition) is 0. The van der Waals surface area contributed by atoms with Crippen LogP contribution >= 0.6 is 7.26 Å². The Morgan fingerprint density at radius 2 is 1.19 bits per heavy atom. The summed E-state index contributed by atoms with van der Waals surface area (Å²) < 4.78 is 2.24. The van der Waals surface area contributed by atoms with Crippen molar-refractivity contribution in [3.8, 4) is 11.3 Å². The molecule has 0 unspecified atom stereocenters. The number of hydrogen-bond acceptors (Lipinski definition) is 0. The molecule has 4 rings (SSSR count). The van der Waals surface area contributed by atoms with Crippen LogP contribution in [0.15, 0.2) is 97.2 Å². The van der Waals surface area contributed by atoms with Gasteiger partial charge in [0.1, 0.15) is 23.2 Å². The van der Waals surface area contributed by atoms with Gasteiger partial charge in [-0.2, -0.15) is 0 Å². The first-order chi connectivity index (χ1) is 13.1. The maximum absolute atomic E-state index is 2.45. The molecule has 0 bridgehead atoms. The predicted molar refractivity (Wildman–Crippen MR) is 120 cm³/mol. The number of nitrogens with zero attached hydrogens (tertiary/aromatic N) is 1. The minimum Gasteiger partial charge on any atom is -0.350 e. The first-order valence-electron chi connectivity index (χ1n) is 9.32. The quantitative estimate of drug-likeness (QED) is 0.449. The van der Waals surface area contributed by atoms with E-state index in [1.807, 2.05) is 0 Å². The standard InChI is InChI=1S/C25H25NP/c1-20-18-19-26(2)25(20)23-16-10-11-17-24(23)27(3,21-12-6-4-7-13-21)22-14-8-5-9-15-22/h4-19H,1-3H3/q+1. The molecule has 1 nitrogen and oxygen atoms in total. The first-order valence-corrected chi connectivity index (χ1v) is 11.6. The monoisotopic (exact) mass is 370 g/mol. The van der Waals surface area contributed by atoms with Gasteiger partial charge in [-0.3, -0.25) is 0 Å². The lowest BCUT2D eigenvalue weighted by Crippen LogP contribution is -2.31. The average Bonchev–Trinajstić information content (AvgIpc) is 3.07. The van der Waals surface area contributed by atoms with Crippen molar-refractivity contribution in [1.82, 2.24) is 4.57 Å². The summed E-state index contributed by atoms with van der Waals surface area (Å²) in [6.07, 6.45) is 2.16. The van der Waals surface area contributed by atoms with Gasteiger partial charge in [-0.15, -0.1) is 0 Å². The molecule has 0 spiro atoms. The lowest BCUT2D eigenvalue weighted by Gasteiger charge is -2.25. The van der Waals surface area contributed by atoms with Gasteiger partial charge >= 0.3 is 0 Å². The summed E-state index contributed by atoms with van der Waals surface area (Å²) in [7, 11) is 0.381. The van der Waals surface area contributed by atoms with E-state index in [1.165, 1.54) is 32.7 Å².